The third-order valence-corrected chi connectivity index (χ3v) is 3.80. The number of benzene rings is 1. The Labute approximate surface area is 113 Å². The zero-order chi connectivity index (χ0) is 13.1. The Morgan fingerprint density at radius 3 is 2.63 bits per heavy atom. The maximum Gasteiger partial charge on any atom is 0.168 e. The molecule has 1 aromatic heterocycles. The van der Waals surface area contributed by atoms with Crippen LogP contribution in [0.2, 0.25) is 0 Å². The predicted octanol–water partition coefficient (Wildman–Crippen LogP) is 3.42. The molecular weight excluding hydrogens is 236 g/mol. The van der Waals surface area contributed by atoms with Crippen molar-refractivity contribution in [2.24, 2.45) is 0 Å². The van der Waals surface area contributed by atoms with Crippen molar-refractivity contribution in [2.45, 2.75) is 38.1 Å². The third-order valence-electron chi connectivity index (χ3n) is 3.80. The Kier molecular flexibility index (Phi) is 3.45. The molecule has 1 aromatic carbocycles. The third kappa shape index (κ3) is 2.75. The van der Waals surface area contributed by atoms with E-state index in [1.54, 1.807) is 0 Å². The minimum absolute atomic E-state index is 0.136. The average Bonchev–Trinajstić information content (AvgIpc) is 3.10. The highest BCUT2D eigenvalue weighted by Gasteiger charge is 2.18. The maximum absolute atomic E-state index is 12.1. The molecule has 0 amide bonds. The van der Waals surface area contributed by atoms with Crippen LogP contribution in [0.5, 0.6) is 0 Å². The van der Waals surface area contributed by atoms with Crippen molar-refractivity contribution in [2.75, 3.05) is 0 Å². The Hall–Kier alpha value is -1.90. The summed E-state index contributed by atoms with van der Waals surface area (Å²) in [5.74, 6) is 0.136. The number of Topliss-reactive ketones (excluding diaryl/α,β-unsaturated/α-hetero) is 1. The average molecular weight is 254 g/mol. The SMILES string of the molecule is O=C(Cc1ccn(C2CCCC2)n1)c1ccccc1. The predicted molar refractivity (Wildman–Crippen MR) is 74.2 cm³/mol. The molecule has 1 heterocycles. The van der Waals surface area contributed by atoms with Gasteiger partial charge < -0.3 is 0 Å². The summed E-state index contributed by atoms with van der Waals surface area (Å²) in [6.07, 6.45) is 7.43. The van der Waals surface area contributed by atoms with E-state index in [-0.39, 0.29) is 5.78 Å². The highest BCUT2D eigenvalue weighted by atomic mass is 16.1. The fourth-order valence-corrected chi connectivity index (χ4v) is 2.73. The lowest BCUT2D eigenvalue weighted by Gasteiger charge is -2.08. The van der Waals surface area contributed by atoms with Crippen LogP contribution in [0.3, 0.4) is 0 Å². The Morgan fingerprint density at radius 1 is 1.16 bits per heavy atom. The fourth-order valence-electron chi connectivity index (χ4n) is 2.73. The second-order valence-corrected chi connectivity index (χ2v) is 5.19. The fraction of sp³-hybridized carbons (Fsp3) is 0.375. The summed E-state index contributed by atoms with van der Waals surface area (Å²) in [7, 11) is 0. The van der Waals surface area contributed by atoms with Gasteiger partial charge in [-0.15, -0.1) is 0 Å². The van der Waals surface area contributed by atoms with Gasteiger partial charge in [0.15, 0.2) is 5.78 Å². The Balaban J connectivity index is 1.68. The summed E-state index contributed by atoms with van der Waals surface area (Å²) in [5.41, 5.74) is 1.64. The number of ketones is 1. The molecule has 0 unspecified atom stereocenters. The quantitative estimate of drug-likeness (QED) is 0.783. The summed E-state index contributed by atoms with van der Waals surface area (Å²) < 4.78 is 2.04. The molecule has 0 spiro atoms. The number of hydrogen-bond acceptors (Lipinski definition) is 2. The number of carbonyl (C=O) groups is 1. The molecule has 19 heavy (non-hydrogen) atoms. The summed E-state index contributed by atoms with van der Waals surface area (Å²) >= 11 is 0. The van der Waals surface area contributed by atoms with Crippen LogP contribution in [0.1, 0.15) is 47.8 Å². The van der Waals surface area contributed by atoms with Gasteiger partial charge in [0.2, 0.25) is 0 Å². The molecule has 3 rings (SSSR count). The standard InChI is InChI=1S/C16H18N2O/c19-16(13-6-2-1-3-7-13)12-14-10-11-18(17-14)15-8-4-5-9-15/h1-3,6-7,10-11,15H,4-5,8-9,12H2. The van der Waals surface area contributed by atoms with Crippen LogP contribution in [0.4, 0.5) is 0 Å². The van der Waals surface area contributed by atoms with Gasteiger partial charge in [0.25, 0.3) is 0 Å². The van der Waals surface area contributed by atoms with Gasteiger partial charge in [-0.3, -0.25) is 9.48 Å². The van der Waals surface area contributed by atoms with Crippen molar-refractivity contribution in [3.8, 4) is 0 Å². The molecule has 98 valence electrons. The Morgan fingerprint density at radius 2 is 1.89 bits per heavy atom. The van der Waals surface area contributed by atoms with E-state index in [0.29, 0.717) is 12.5 Å². The zero-order valence-electron chi connectivity index (χ0n) is 11.0. The van der Waals surface area contributed by atoms with E-state index in [1.165, 1.54) is 25.7 Å². The van der Waals surface area contributed by atoms with Crippen LogP contribution in [0.15, 0.2) is 42.6 Å². The first-order chi connectivity index (χ1) is 9.33. The van der Waals surface area contributed by atoms with Crippen LogP contribution >= 0.6 is 0 Å². The lowest BCUT2D eigenvalue weighted by atomic mass is 10.1. The van der Waals surface area contributed by atoms with E-state index >= 15 is 0 Å². The Bertz CT molecular complexity index is 553. The molecular formula is C16H18N2O. The lowest BCUT2D eigenvalue weighted by molar-refractivity contribution is 0.0991. The summed E-state index contributed by atoms with van der Waals surface area (Å²) in [4.78, 5) is 12.1. The van der Waals surface area contributed by atoms with Crippen molar-refractivity contribution in [3.63, 3.8) is 0 Å². The molecule has 0 aliphatic heterocycles. The first kappa shape index (κ1) is 12.2. The highest BCUT2D eigenvalue weighted by Crippen LogP contribution is 2.28. The van der Waals surface area contributed by atoms with Crippen LogP contribution < -0.4 is 0 Å². The number of nitrogens with zero attached hydrogens (tertiary/aromatic N) is 2. The van der Waals surface area contributed by atoms with Gasteiger partial charge in [0.1, 0.15) is 0 Å². The first-order valence-electron chi connectivity index (χ1n) is 6.95. The molecule has 0 radical (unpaired) electrons. The van der Waals surface area contributed by atoms with Crippen LogP contribution in [0.25, 0.3) is 0 Å². The summed E-state index contributed by atoms with van der Waals surface area (Å²) in [5, 5.41) is 4.55. The van der Waals surface area contributed by atoms with E-state index < -0.39 is 0 Å². The van der Waals surface area contributed by atoms with Crippen molar-refractivity contribution in [3.05, 3.63) is 53.9 Å². The highest BCUT2D eigenvalue weighted by molar-refractivity contribution is 5.97. The van der Waals surface area contributed by atoms with Crippen molar-refractivity contribution in [1.82, 2.24) is 9.78 Å². The molecule has 0 bridgehead atoms. The molecule has 1 aliphatic rings. The second-order valence-electron chi connectivity index (χ2n) is 5.19. The molecule has 1 fully saturated rings. The van der Waals surface area contributed by atoms with Gasteiger partial charge in [0.05, 0.1) is 18.2 Å². The molecule has 0 atom stereocenters. The number of carbonyl (C=O) groups excluding carboxylic acids is 1. The molecule has 3 heteroatoms. The minimum atomic E-state index is 0.136. The molecule has 1 saturated carbocycles. The van der Waals surface area contributed by atoms with Crippen molar-refractivity contribution in [1.29, 1.82) is 0 Å². The maximum atomic E-state index is 12.1. The van der Waals surface area contributed by atoms with Gasteiger partial charge in [-0.25, -0.2) is 0 Å². The largest absolute Gasteiger partial charge is 0.294 e. The van der Waals surface area contributed by atoms with Gasteiger partial charge in [-0.05, 0) is 18.9 Å². The molecule has 2 aromatic rings. The van der Waals surface area contributed by atoms with Crippen LogP contribution in [0, 0.1) is 0 Å². The smallest absolute Gasteiger partial charge is 0.168 e. The van der Waals surface area contributed by atoms with E-state index in [0.717, 1.165) is 11.3 Å². The van der Waals surface area contributed by atoms with Gasteiger partial charge in [-0.2, -0.15) is 5.10 Å². The molecule has 1 aliphatic carbocycles. The van der Waals surface area contributed by atoms with Crippen molar-refractivity contribution < 1.29 is 4.79 Å². The van der Waals surface area contributed by atoms with E-state index in [2.05, 4.69) is 5.10 Å². The monoisotopic (exact) mass is 254 g/mol. The normalized spacial score (nSPS) is 15.8. The number of hydrogen-bond donors (Lipinski definition) is 0. The lowest BCUT2D eigenvalue weighted by Crippen LogP contribution is -2.08. The molecule has 3 nitrogen and oxygen atoms in total. The van der Waals surface area contributed by atoms with E-state index in [4.69, 9.17) is 0 Å². The van der Waals surface area contributed by atoms with Gasteiger partial charge in [0, 0.05) is 11.8 Å². The summed E-state index contributed by atoms with van der Waals surface area (Å²) in [6, 6.07) is 11.9. The van der Waals surface area contributed by atoms with Crippen molar-refractivity contribution >= 4 is 5.78 Å². The first-order valence-corrected chi connectivity index (χ1v) is 6.95. The van der Waals surface area contributed by atoms with Gasteiger partial charge in [-0.1, -0.05) is 43.2 Å². The number of aromatic nitrogens is 2. The van der Waals surface area contributed by atoms with E-state index in [9.17, 15) is 4.79 Å². The second kappa shape index (κ2) is 5.39. The van der Waals surface area contributed by atoms with E-state index in [1.807, 2.05) is 47.3 Å². The zero-order valence-corrected chi connectivity index (χ0v) is 11.0. The van der Waals surface area contributed by atoms with Gasteiger partial charge >= 0.3 is 0 Å². The number of rotatable bonds is 4. The van der Waals surface area contributed by atoms with Crippen LogP contribution in [-0.2, 0) is 6.42 Å². The topological polar surface area (TPSA) is 34.9 Å². The summed E-state index contributed by atoms with van der Waals surface area (Å²) in [6.45, 7) is 0. The molecule has 0 N–H and O–H groups in total. The molecule has 0 saturated heterocycles. The van der Waals surface area contributed by atoms with Crippen LogP contribution in [-0.4, -0.2) is 15.6 Å². The minimum Gasteiger partial charge on any atom is -0.294 e.